The van der Waals surface area contributed by atoms with Crippen molar-refractivity contribution in [3.63, 3.8) is 0 Å². The van der Waals surface area contributed by atoms with Crippen LogP contribution in [0.15, 0.2) is 315 Å². The topological polar surface area (TPSA) is 45.5 Å². The third-order valence-electron chi connectivity index (χ3n) is 18.0. The second-order valence-corrected chi connectivity index (χ2v) is 22.9. The van der Waals surface area contributed by atoms with Crippen molar-refractivity contribution in [1.29, 1.82) is 0 Å². The molecule has 0 atom stereocenters. The number of hydrogen-bond acceptors (Lipinski definition) is 2. The number of para-hydroxylation sites is 6. The molecule has 0 bridgehead atoms. The van der Waals surface area contributed by atoms with Crippen LogP contribution in [0.5, 0.6) is 0 Å². The van der Waals surface area contributed by atoms with Crippen LogP contribution in [0, 0.1) is 0 Å². The van der Waals surface area contributed by atoms with E-state index in [4.69, 9.17) is 9.97 Å². The number of benzene rings is 13. The summed E-state index contributed by atoms with van der Waals surface area (Å²) >= 11 is 0. The van der Waals surface area contributed by atoms with Gasteiger partial charge in [0.2, 0.25) is 0 Å². The zero-order chi connectivity index (χ0) is 57.8. The van der Waals surface area contributed by atoms with Crippen LogP contribution in [0.2, 0.25) is 0 Å². The van der Waals surface area contributed by atoms with Gasteiger partial charge < -0.3 is 18.3 Å². The van der Waals surface area contributed by atoms with Gasteiger partial charge >= 0.3 is 0 Å². The van der Waals surface area contributed by atoms with E-state index in [9.17, 15) is 0 Å². The van der Waals surface area contributed by atoms with Crippen LogP contribution >= 0.6 is 0 Å². The van der Waals surface area contributed by atoms with E-state index in [-0.39, 0.29) is 0 Å². The molecule has 18 rings (SSSR count). The van der Waals surface area contributed by atoms with Crippen molar-refractivity contribution in [1.82, 2.24) is 28.2 Å². The van der Waals surface area contributed by atoms with Crippen molar-refractivity contribution in [2.45, 2.75) is 0 Å². The minimum absolute atomic E-state index is 0.680. The first-order chi connectivity index (χ1) is 43.6. The van der Waals surface area contributed by atoms with Gasteiger partial charge in [-0.2, -0.15) is 0 Å². The van der Waals surface area contributed by atoms with Crippen LogP contribution in [-0.2, 0) is 0 Å². The second-order valence-electron chi connectivity index (χ2n) is 22.9. The summed E-state index contributed by atoms with van der Waals surface area (Å²) < 4.78 is 9.56. The lowest BCUT2D eigenvalue weighted by atomic mass is 10.0. The first-order valence-corrected chi connectivity index (χ1v) is 30.0. The molecule has 0 N–H and O–H groups in total. The molecule has 0 aliphatic heterocycles. The molecular formula is C82H52N6. The zero-order valence-corrected chi connectivity index (χ0v) is 47.7. The van der Waals surface area contributed by atoms with Crippen LogP contribution in [0.1, 0.15) is 0 Å². The molecule has 0 amide bonds. The Labute approximate surface area is 507 Å². The molecule has 0 spiro atoms. The van der Waals surface area contributed by atoms with Crippen LogP contribution in [-0.4, -0.2) is 28.2 Å². The Balaban J connectivity index is 0.689. The van der Waals surface area contributed by atoms with Crippen molar-refractivity contribution in [2.75, 3.05) is 0 Å². The minimum atomic E-state index is 0.680. The number of fused-ring (bicyclic) bond motifs is 12. The minimum Gasteiger partial charge on any atom is -0.309 e. The standard InChI is InChI=1S/C82H52N6/c1-4-18-55(19-5-1)82-83-72(53-32-40-62(41-33-53)85-76-30-16-12-26-66(76)70-48-56(38-46-78(70)85)58-36-44-68-64-24-10-14-28-74(64)87(80(68)50-58)60-20-6-2-7-21-60)52-73(84-82)54-34-42-63(43-35-54)86-77-31-17-13-27-67(77)71-49-57(39-47-79(71)86)59-37-45-69-65-25-11-15-29-75(65)88(81(69)51-59)61-22-8-3-9-23-61/h1-52H. The van der Waals surface area contributed by atoms with E-state index in [1.165, 1.54) is 87.4 Å². The Morgan fingerprint density at radius 2 is 0.455 bits per heavy atom. The fourth-order valence-corrected chi connectivity index (χ4v) is 13.9. The maximum Gasteiger partial charge on any atom is 0.160 e. The van der Waals surface area contributed by atoms with Gasteiger partial charge in [0.25, 0.3) is 0 Å². The van der Waals surface area contributed by atoms with Crippen molar-refractivity contribution >= 4 is 87.2 Å². The molecule has 0 aliphatic carbocycles. The van der Waals surface area contributed by atoms with Crippen molar-refractivity contribution < 1.29 is 0 Å². The first-order valence-electron chi connectivity index (χ1n) is 30.0. The lowest BCUT2D eigenvalue weighted by Gasteiger charge is -2.13. The van der Waals surface area contributed by atoms with Crippen LogP contribution in [0.3, 0.4) is 0 Å². The van der Waals surface area contributed by atoms with Crippen molar-refractivity contribution in [3.8, 4) is 78.9 Å². The number of aromatic nitrogens is 6. The smallest absolute Gasteiger partial charge is 0.160 e. The van der Waals surface area contributed by atoms with Crippen molar-refractivity contribution in [2.24, 2.45) is 0 Å². The Bertz CT molecular complexity index is 5440. The van der Waals surface area contributed by atoms with E-state index in [0.29, 0.717) is 5.82 Å². The van der Waals surface area contributed by atoms with Gasteiger partial charge in [0.05, 0.1) is 55.5 Å². The van der Waals surface area contributed by atoms with Gasteiger partial charge in [-0.25, -0.2) is 9.97 Å². The van der Waals surface area contributed by atoms with E-state index in [1.807, 2.05) is 18.2 Å². The van der Waals surface area contributed by atoms with E-state index in [1.54, 1.807) is 0 Å². The summed E-state index contributed by atoms with van der Waals surface area (Å²) in [5.41, 5.74) is 23.3. The van der Waals surface area contributed by atoms with E-state index in [2.05, 4.69) is 316 Å². The quantitative estimate of drug-likeness (QED) is 0.145. The SMILES string of the molecule is c1ccc(-c2nc(-c3ccc(-n4c5ccccc5c5cc(-c6ccc7c8ccccc8n(-c8ccccc8)c7c6)ccc54)cc3)cc(-c3ccc(-n4c5ccccc5c5cc(-c6ccc7c8ccccc8n(-c8ccccc8)c7c6)ccc54)cc3)n2)cc1. The molecule has 0 aliphatic rings. The highest BCUT2D eigenvalue weighted by molar-refractivity contribution is 6.14. The molecule has 0 saturated heterocycles. The highest BCUT2D eigenvalue weighted by atomic mass is 15.0. The largest absolute Gasteiger partial charge is 0.309 e. The Morgan fingerprint density at radius 3 is 0.864 bits per heavy atom. The first kappa shape index (κ1) is 49.6. The third kappa shape index (κ3) is 7.89. The van der Waals surface area contributed by atoms with Crippen LogP contribution in [0.25, 0.3) is 166 Å². The van der Waals surface area contributed by atoms with Gasteiger partial charge in [-0.1, -0.05) is 200 Å². The molecule has 6 heteroatoms. The maximum atomic E-state index is 5.26. The lowest BCUT2D eigenvalue weighted by molar-refractivity contribution is 1.16. The van der Waals surface area contributed by atoms with Crippen LogP contribution in [0.4, 0.5) is 0 Å². The summed E-state index contributed by atoms with van der Waals surface area (Å²) in [6.45, 7) is 0. The normalized spacial score (nSPS) is 11.9. The maximum absolute atomic E-state index is 5.26. The molecular weight excluding hydrogens is 1070 g/mol. The van der Waals surface area contributed by atoms with Crippen LogP contribution < -0.4 is 0 Å². The molecule has 0 saturated carbocycles. The molecule has 88 heavy (non-hydrogen) atoms. The lowest BCUT2D eigenvalue weighted by Crippen LogP contribution is -1.98. The molecule has 13 aromatic carbocycles. The predicted molar refractivity (Wildman–Crippen MR) is 367 cm³/mol. The van der Waals surface area contributed by atoms with E-state index >= 15 is 0 Å². The van der Waals surface area contributed by atoms with Gasteiger partial charge in [0.1, 0.15) is 0 Å². The molecule has 6 nitrogen and oxygen atoms in total. The van der Waals surface area contributed by atoms with Gasteiger partial charge in [-0.15, -0.1) is 0 Å². The molecule has 18 aromatic rings. The summed E-state index contributed by atoms with van der Waals surface area (Å²) in [5, 5.41) is 9.83. The molecule has 0 unspecified atom stereocenters. The fraction of sp³-hybridized carbons (Fsp3) is 0. The predicted octanol–water partition coefficient (Wildman–Crippen LogP) is 21.2. The summed E-state index contributed by atoms with van der Waals surface area (Å²) in [6.07, 6.45) is 0. The number of nitrogens with zero attached hydrogens (tertiary/aromatic N) is 6. The second kappa shape index (κ2) is 19.9. The highest BCUT2D eigenvalue weighted by Crippen LogP contribution is 2.42. The Morgan fingerprint density at radius 1 is 0.170 bits per heavy atom. The van der Waals surface area contributed by atoms with Gasteiger partial charge in [-0.3, -0.25) is 0 Å². The zero-order valence-electron chi connectivity index (χ0n) is 47.7. The monoisotopic (exact) mass is 1120 g/mol. The summed E-state index contributed by atoms with van der Waals surface area (Å²) in [4.78, 5) is 10.5. The molecule has 410 valence electrons. The molecule has 5 heterocycles. The van der Waals surface area contributed by atoms with Gasteiger partial charge in [-0.05, 0) is 138 Å². The van der Waals surface area contributed by atoms with Gasteiger partial charge in [0.15, 0.2) is 5.82 Å². The highest BCUT2D eigenvalue weighted by Gasteiger charge is 2.20. The number of rotatable bonds is 9. The average Bonchev–Trinajstić information content (AvgIpc) is 1.72. The summed E-state index contributed by atoms with van der Waals surface area (Å²) in [5.74, 6) is 0.680. The van der Waals surface area contributed by atoms with E-state index in [0.717, 1.165) is 72.9 Å². The number of hydrogen-bond donors (Lipinski definition) is 0. The Hall–Kier alpha value is -11.9. The molecule has 0 fully saturated rings. The summed E-state index contributed by atoms with van der Waals surface area (Å²) in [7, 11) is 0. The van der Waals surface area contributed by atoms with Gasteiger partial charge in [0, 0.05) is 82.5 Å². The van der Waals surface area contributed by atoms with Crippen molar-refractivity contribution in [3.05, 3.63) is 315 Å². The molecule has 5 aromatic heterocycles. The Kier molecular flexibility index (Phi) is 11.2. The fourth-order valence-electron chi connectivity index (χ4n) is 13.9. The molecule has 0 radical (unpaired) electrons. The third-order valence-corrected chi connectivity index (χ3v) is 18.0. The van der Waals surface area contributed by atoms with E-state index < -0.39 is 0 Å². The summed E-state index contributed by atoms with van der Waals surface area (Å²) in [6, 6.07) is 114. The average molecular weight is 1120 g/mol.